The Balaban J connectivity index is 2.84. The van der Waals surface area contributed by atoms with E-state index < -0.39 is 0 Å². The van der Waals surface area contributed by atoms with E-state index in [0.717, 1.165) is 29.1 Å². The van der Waals surface area contributed by atoms with Crippen LogP contribution in [0, 0.1) is 0 Å². The van der Waals surface area contributed by atoms with Crippen LogP contribution in [0.25, 0.3) is 11.2 Å². The van der Waals surface area contributed by atoms with Crippen LogP contribution in [0.15, 0.2) is 0 Å². The number of fused-ring (bicyclic) bond motifs is 1. The standard InChI is InChI=1S/C12H19ClN4/c1-6-8-10-11(16(5)15-8)17(12(2,3)4)9(7-13)14-10/h6-7H2,1-5H3. The lowest BCUT2D eigenvalue weighted by atomic mass is 10.1. The van der Waals surface area contributed by atoms with E-state index >= 15 is 0 Å². The van der Waals surface area contributed by atoms with Crippen molar-refractivity contribution in [1.29, 1.82) is 0 Å². The van der Waals surface area contributed by atoms with Gasteiger partial charge in [0.15, 0.2) is 5.65 Å². The maximum atomic E-state index is 6.00. The van der Waals surface area contributed by atoms with E-state index in [9.17, 15) is 0 Å². The molecule has 5 heteroatoms. The van der Waals surface area contributed by atoms with Crippen LogP contribution >= 0.6 is 11.6 Å². The molecule has 2 heterocycles. The SMILES string of the molecule is CCc1nn(C)c2c1nc(CCl)n2C(C)(C)C. The Hall–Kier alpha value is -1.03. The molecule has 0 radical (unpaired) electrons. The van der Waals surface area contributed by atoms with Gasteiger partial charge in [0.05, 0.1) is 11.6 Å². The van der Waals surface area contributed by atoms with Crippen LogP contribution in [0.5, 0.6) is 0 Å². The minimum Gasteiger partial charge on any atom is -0.307 e. The highest BCUT2D eigenvalue weighted by Crippen LogP contribution is 2.27. The van der Waals surface area contributed by atoms with Crippen molar-refractivity contribution in [2.75, 3.05) is 0 Å². The smallest absolute Gasteiger partial charge is 0.159 e. The molecule has 0 spiro atoms. The topological polar surface area (TPSA) is 35.6 Å². The second-order valence-corrected chi connectivity index (χ2v) is 5.53. The second-order valence-electron chi connectivity index (χ2n) is 5.26. The van der Waals surface area contributed by atoms with E-state index in [1.165, 1.54) is 0 Å². The maximum absolute atomic E-state index is 6.00. The summed E-state index contributed by atoms with van der Waals surface area (Å²) in [6, 6.07) is 0. The average molecular weight is 255 g/mol. The van der Waals surface area contributed by atoms with Crippen LogP contribution in [-0.2, 0) is 24.9 Å². The molecule has 94 valence electrons. The fraction of sp³-hybridized carbons (Fsp3) is 0.667. The van der Waals surface area contributed by atoms with Gasteiger partial charge in [-0.05, 0) is 27.2 Å². The predicted octanol–water partition coefficient (Wildman–Crippen LogP) is 2.83. The first-order valence-electron chi connectivity index (χ1n) is 5.89. The summed E-state index contributed by atoms with van der Waals surface area (Å²) >= 11 is 6.00. The Morgan fingerprint density at radius 1 is 1.29 bits per heavy atom. The number of alkyl halides is 1. The van der Waals surface area contributed by atoms with Crippen molar-refractivity contribution in [2.24, 2.45) is 7.05 Å². The van der Waals surface area contributed by atoms with Gasteiger partial charge >= 0.3 is 0 Å². The van der Waals surface area contributed by atoms with Gasteiger partial charge in [-0.1, -0.05) is 6.92 Å². The lowest BCUT2D eigenvalue weighted by Gasteiger charge is -2.23. The summed E-state index contributed by atoms with van der Waals surface area (Å²) in [7, 11) is 1.96. The molecule has 0 unspecified atom stereocenters. The minimum atomic E-state index is -0.0439. The van der Waals surface area contributed by atoms with Crippen LogP contribution in [0.3, 0.4) is 0 Å². The van der Waals surface area contributed by atoms with Gasteiger partial charge in [-0.2, -0.15) is 5.10 Å². The first-order valence-corrected chi connectivity index (χ1v) is 6.43. The zero-order valence-electron chi connectivity index (χ0n) is 11.1. The monoisotopic (exact) mass is 254 g/mol. The third kappa shape index (κ3) is 1.84. The highest BCUT2D eigenvalue weighted by Gasteiger charge is 2.25. The van der Waals surface area contributed by atoms with Crippen molar-refractivity contribution >= 4 is 22.8 Å². The maximum Gasteiger partial charge on any atom is 0.159 e. The first-order chi connectivity index (χ1) is 7.90. The Kier molecular flexibility index (Phi) is 2.94. The molecule has 0 fully saturated rings. The Labute approximate surface area is 107 Å². The van der Waals surface area contributed by atoms with Crippen LogP contribution in [0.4, 0.5) is 0 Å². The molecule has 4 nitrogen and oxygen atoms in total. The van der Waals surface area contributed by atoms with Crippen molar-refractivity contribution < 1.29 is 0 Å². The zero-order valence-corrected chi connectivity index (χ0v) is 11.8. The molecule has 2 aromatic heterocycles. The van der Waals surface area contributed by atoms with Crippen LogP contribution in [0.1, 0.15) is 39.2 Å². The largest absolute Gasteiger partial charge is 0.307 e. The fourth-order valence-electron chi connectivity index (χ4n) is 2.26. The van der Waals surface area contributed by atoms with Crippen molar-refractivity contribution in [3.8, 4) is 0 Å². The van der Waals surface area contributed by atoms with E-state index in [1.54, 1.807) is 0 Å². The molecule has 0 aliphatic carbocycles. The minimum absolute atomic E-state index is 0.0439. The fourth-order valence-corrected chi connectivity index (χ4v) is 2.44. The van der Waals surface area contributed by atoms with E-state index in [0.29, 0.717) is 5.88 Å². The zero-order chi connectivity index (χ0) is 12.8. The molecule has 0 amide bonds. The van der Waals surface area contributed by atoms with Gasteiger partial charge in [-0.3, -0.25) is 4.68 Å². The van der Waals surface area contributed by atoms with Gasteiger partial charge in [-0.15, -0.1) is 11.6 Å². The van der Waals surface area contributed by atoms with Crippen molar-refractivity contribution in [3.63, 3.8) is 0 Å². The van der Waals surface area contributed by atoms with Crippen LogP contribution in [0.2, 0.25) is 0 Å². The quantitative estimate of drug-likeness (QED) is 0.773. The number of nitrogens with zero attached hydrogens (tertiary/aromatic N) is 4. The summed E-state index contributed by atoms with van der Waals surface area (Å²) in [4.78, 5) is 4.64. The van der Waals surface area contributed by atoms with Gasteiger partial charge in [0.1, 0.15) is 11.3 Å². The number of aromatic nitrogens is 4. The lowest BCUT2D eigenvalue weighted by Crippen LogP contribution is -2.25. The summed E-state index contributed by atoms with van der Waals surface area (Å²) in [6.45, 7) is 8.56. The molecule has 2 aromatic rings. The number of imidazole rings is 1. The Morgan fingerprint density at radius 3 is 2.41 bits per heavy atom. The third-order valence-electron chi connectivity index (χ3n) is 2.90. The molecule has 17 heavy (non-hydrogen) atoms. The highest BCUT2D eigenvalue weighted by atomic mass is 35.5. The number of hydrogen-bond donors (Lipinski definition) is 0. The molecule has 0 bridgehead atoms. The summed E-state index contributed by atoms with van der Waals surface area (Å²) in [5.74, 6) is 1.34. The molecule has 0 aliphatic heterocycles. The summed E-state index contributed by atoms with van der Waals surface area (Å²) in [5.41, 5.74) is 3.04. The van der Waals surface area contributed by atoms with E-state index in [4.69, 9.17) is 11.6 Å². The van der Waals surface area contributed by atoms with Gasteiger partial charge in [-0.25, -0.2) is 4.98 Å². The molecular weight excluding hydrogens is 236 g/mol. The number of rotatable bonds is 2. The molecule has 0 N–H and O–H groups in total. The van der Waals surface area contributed by atoms with Gasteiger partial charge in [0, 0.05) is 12.6 Å². The highest BCUT2D eigenvalue weighted by molar-refractivity contribution is 6.16. The Bertz CT molecular complexity index is 545. The summed E-state index contributed by atoms with van der Waals surface area (Å²) in [5, 5.41) is 4.51. The van der Waals surface area contributed by atoms with Crippen LogP contribution in [-0.4, -0.2) is 19.3 Å². The summed E-state index contributed by atoms with van der Waals surface area (Å²) in [6.07, 6.45) is 0.889. The number of hydrogen-bond acceptors (Lipinski definition) is 2. The molecule has 2 rings (SSSR count). The van der Waals surface area contributed by atoms with Crippen molar-refractivity contribution in [2.45, 2.75) is 45.5 Å². The van der Waals surface area contributed by atoms with E-state index in [2.05, 4.69) is 42.3 Å². The lowest BCUT2D eigenvalue weighted by molar-refractivity contribution is 0.391. The van der Waals surface area contributed by atoms with Crippen LogP contribution < -0.4 is 0 Å². The van der Waals surface area contributed by atoms with Gasteiger partial charge in [0.2, 0.25) is 0 Å². The number of halogens is 1. The molecular formula is C12H19ClN4. The summed E-state index contributed by atoms with van der Waals surface area (Å²) < 4.78 is 4.09. The molecule has 0 atom stereocenters. The van der Waals surface area contributed by atoms with Gasteiger partial charge in [0.25, 0.3) is 0 Å². The normalized spacial score (nSPS) is 12.6. The van der Waals surface area contributed by atoms with Crippen molar-refractivity contribution in [3.05, 3.63) is 11.5 Å². The third-order valence-corrected chi connectivity index (χ3v) is 3.14. The van der Waals surface area contributed by atoms with Gasteiger partial charge < -0.3 is 4.57 Å². The Morgan fingerprint density at radius 2 is 1.94 bits per heavy atom. The predicted molar refractivity (Wildman–Crippen MR) is 70.4 cm³/mol. The molecule has 0 saturated carbocycles. The first kappa shape index (κ1) is 12.4. The van der Waals surface area contributed by atoms with Crippen molar-refractivity contribution in [1.82, 2.24) is 19.3 Å². The molecule has 0 saturated heterocycles. The van der Waals surface area contributed by atoms with E-state index in [-0.39, 0.29) is 5.54 Å². The number of aryl methyl sites for hydroxylation is 2. The van der Waals surface area contributed by atoms with E-state index in [1.807, 2.05) is 11.7 Å². The average Bonchev–Trinajstić information content (AvgIpc) is 2.75. The molecule has 0 aromatic carbocycles. The molecule has 0 aliphatic rings. The second kappa shape index (κ2) is 4.02.